The van der Waals surface area contributed by atoms with Crippen LogP contribution >= 0.6 is 0 Å². The first-order valence-electron chi connectivity index (χ1n) is 11.3. The third-order valence-electron chi connectivity index (χ3n) is 6.25. The maximum absolute atomic E-state index is 13.1. The van der Waals surface area contributed by atoms with Gasteiger partial charge >= 0.3 is 0 Å². The summed E-state index contributed by atoms with van der Waals surface area (Å²) in [5.74, 6) is -0.863. The molecule has 1 amide bonds. The van der Waals surface area contributed by atoms with Crippen molar-refractivity contribution >= 4 is 17.4 Å². The number of carbonyl (C=O) groups excluding carboxylic acids is 2. The van der Waals surface area contributed by atoms with E-state index in [2.05, 4.69) is 4.90 Å². The van der Waals surface area contributed by atoms with Crippen LogP contribution in [0.4, 0.5) is 0 Å². The Hall–Kier alpha value is -3.16. The van der Waals surface area contributed by atoms with Crippen LogP contribution in [0, 0.1) is 6.92 Å². The van der Waals surface area contributed by atoms with Crippen LogP contribution in [0.2, 0.25) is 0 Å². The van der Waals surface area contributed by atoms with E-state index in [0.29, 0.717) is 31.1 Å². The number of carbonyl (C=O) groups is 2. The molecule has 1 atom stereocenters. The van der Waals surface area contributed by atoms with E-state index in [4.69, 9.17) is 9.47 Å². The molecule has 2 fully saturated rings. The summed E-state index contributed by atoms with van der Waals surface area (Å²) in [6.07, 6.45) is 0.731. The van der Waals surface area contributed by atoms with Gasteiger partial charge in [-0.05, 0) is 31.0 Å². The predicted molar refractivity (Wildman–Crippen MR) is 125 cm³/mol. The second-order valence-corrected chi connectivity index (χ2v) is 8.44. The number of methoxy groups -OCH3 is 1. The van der Waals surface area contributed by atoms with Gasteiger partial charge in [-0.1, -0.05) is 42.0 Å². The zero-order valence-electron chi connectivity index (χ0n) is 19.1. The Kier molecular flexibility index (Phi) is 7.11. The number of benzene rings is 2. The van der Waals surface area contributed by atoms with E-state index in [-0.39, 0.29) is 11.3 Å². The fraction of sp³-hybridized carbons (Fsp3) is 0.385. The zero-order chi connectivity index (χ0) is 23.4. The minimum absolute atomic E-state index is 0.114. The lowest BCUT2D eigenvalue weighted by molar-refractivity contribution is -0.140. The molecule has 2 aromatic rings. The van der Waals surface area contributed by atoms with Gasteiger partial charge < -0.3 is 19.5 Å². The number of hydrogen-bond donors (Lipinski definition) is 1. The van der Waals surface area contributed by atoms with Crippen LogP contribution in [0.3, 0.4) is 0 Å². The lowest BCUT2D eigenvalue weighted by Gasteiger charge is -2.29. The average Bonchev–Trinajstić information content (AvgIpc) is 3.10. The van der Waals surface area contributed by atoms with Gasteiger partial charge in [-0.25, -0.2) is 0 Å². The van der Waals surface area contributed by atoms with Gasteiger partial charge in [-0.2, -0.15) is 0 Å². The van der Waals surface area contributed by atoms with Crippen molar-refractivity contribution in [3.05, 3.63) is 70.8 Å². The Labute approximate surface area is 194 Å². The summed E-state index contributed by atoms with van der Waals surface area (Å²) in [6.45, 7) is 6.41. The lowest BCUT2D eigenvalue weighted by Crippen LogP contribution is -2.38. The van der Waals surface area contributed by atoms with Crippen LogP contribution in [0.25, 0.3) is 5.76 Å². The third kappa shape index (κ3) is 4.94. The molecular weight excluding hydrogens is 420 g/mol. The second kappa shape index (κ2) is 10.2. The topological polar surface area (TPSA) is 79.3 Å². The van der Waals surface area contributed by atoms with E-state index < -0.39 is 17.7 Å². The van der Waals surface area contributed by atoms with E-state index in [1.54, 1.807) is 36.3 Å². The highest BCUT2D eigenvalue weighted by Crippen LogP contribution is 2.39. The Morgan fingerprint density at radius 1 is 1.09 bits per heavy atom. The van der Waals surface area contributed by atoms with Gasteiger partial charge in [0.1, 0.15) is 11.5 Å². The quantitative estimate of drug-likeness (QED) is 0.397. The van der Waals surface area contributed by atoms with E-state index in [1.165, 1.54) is 0 Å². The minimum Gasteiger partial charge on any atom is -0.507 e. The van der Waals surface area contributed by atoms with Crippen LogP contribution in [-0.2, 0) is 14.3 Å². The Morgan fingerprint density at radius 2 is 1.82 bits per heavy atom. The van der Waals surface area contributed by atoms with Crippen molar-refractivity contribution in [3.8, 4) is 5.75 Å². The SMILES string of the molecule is COc1cccc(/C(O)=C2/C(=O)C(=O)N(CCCN3CCOCC3)C2c2ccc(C)cc2)c1. The summed E-state index contributed by atoms with van der Waals surface area (Å²) < 4.78 is 10.7. The first-order chi connectivity index (χ1) is 16.0. The highest BCUT2D eigenvalue weighted by Gasteiger charge is 2.45. The Morgan fingerprint density at radius 3 is 2.52 bits per heavy atom. The van der Waals surface area contributed by atoms with Crippen molar-refractivity contribution in [1.29, 1.82) is 0 Å². The number of aliphatic hydroxyl groups is 1. The number of ether oxygens (including phenoxy) is 2. The van der Waals surface area contributed by atoms with Gasteiger partial charge in [0.2, 0.25) is 0 Å². The van der Waals surface area contributed by atoms with Gasteiger partial charge in [0, 0.05) is 31.7 Å². The molecule has 7 nitrogen and oxygen atoms in total. The molecule has 1 N–H and O–H groups in total. The summed E-state index contributed by atoms with van der Waals surface area (Å²) in [7, 11) is 1.54. The van der Waals surface area contributed by atoms with Crippen LogP contribution < -0.4 is 4.74 Å². The van der Waals surface area contributed by atoms with Crippen molar-refractivity contribution in [2.45, 2.75) is 19.4 Å². The number of morpholine rings is 1. The molecule has 7 heteroatoms. The van der Waals surface area contributed by atoms with Gasteiger partial charge in [-0.15, -0.1) is 0 Å². The monoisotopic (exact) mass is 450 g/mol. The molecule has 4 rings (SSSR count). The molecule has 0 radical (unpaired) electrons. The molecule has 0 saturated carbocycles. The van der Waals surface area contributed by atoms with Crippen molar-refractivity contribution in [2.75, 3.05) is 46.5 Å². The minimum atomic E-state index is -0.660. The van der Waals surface area contributed by atoms with Crippen LogP contribution in [0.1, 0.15) is 29.2 Å². The normalized spacial score (nSPS) is 20.9. The fourth-order valence-corrected chi connectivity index (χ4v) is 4.42. The van der Waals surface area contributed by atoms with E-state index in [9.17, 15) is 14.7 Å². The summed E-state index contributed by atoms with van der Waals surface area (Å²) in [5, 5.41) is 11.2. The first kappa shape index (κ1) is 23.0. The standard InChI is InChI=1S/C26H30N2O5/c1-18-7-9-19(10-8-18)23-22(24(29)20-5-3-6-21(17-20)32-2)25(30)26(31)28(23)12-4-11-27-13-15-33-16-14-27/h3,5-10,17,23,29H,4,11-16H2,1-2H3/b24-22-. The Bertz CT molecular complexity index is 1040. The molecule has 174 valence electrons. The Balaban J connectivity index is 1.67. The van der Waals surface area contributed by atoms with Crippen molar-refractivity contribution in [1.82, 2.24) is 9.80 Å². The zero-order valence-corrected chi connectivity index (χ0v) is 19.1. The number of aryl methyl sites for hydroxylation is 1. The molecular formula is C26H30N2O5. The molecule has 2 aromatic carbocycles. The highest BCUT2D eigenvalue weighted by atomic mass is 16.5. The van der Waals surface area contributed by atoms with Crippen LogP contribution in [0.5, 0.6) is 5.75 Å². The summed E-state index contributed by atoms with van der Waals surface area (Å²) in [6, 6.07) is 14.0. The smallest absolute Gasteiger partial charge is 0.295 e. The summed E-state index contributed by atoms with van der Waals surface area (Å²) >= 11 is 0. The van der Waals surface area contributed by atoms with Crippen molar-refractivity contribution in [3.63, 3.8) is 0 Å². The van der Waals surface area contributed by atoms with Crippen LogP contribution in [0.15, 0.2) is 54.1 Å². The molecule has 2 aliphatic rings. The van der Waals surface area contributed by atoms with Crippen molar-refractivity contribution < 1.29 is 24.2 Å². The van der Waals surface area contributed by atoms with Gasteiger partial charge in [-0.3, -0.25) is 14.5 Å². The largest absolute Gasteiger partial charge is 0.507 e. The van der Waals surface area contributed by atoms with Gasteiger partial charge in [0.15, 0.2) is 0 Å². The van der Waals surface area contributed by atoms with Crippen LogP contribution in [-0.4, -0.2) is 73.1 Å². The number of nitrogens with zero attached hydrogens (tertiary/aromatic N) is 2. The lowest BCUT2D eigenvalue weighted by atomic mass is 9.94. The number of aliphatic hydroxyl groups excluding tert-OH is 1. The molecule has 0 aliphatic carbocycles. The van der Waals surface area contributed by atoms with E-state index in [0.717, 1.165) is 37.2 Å². The maximum Gasteiger partial charge on any atom is 0.295 e. The molecule has 1 unspecified atom stereocenters. The predicted octanol–water partition coefficient (Wildman–Crippen LogP) is 3.15. The number of likely N-dealkylation sites (tertiary alicyclic amines) is 1. The molecule has 33 heavy (non-hydrogen) atoms. The molecule has 0 spiro atoms. The molecule has 2 saturated heterocycles. The number of Topliss-reactive ketones (excluding diaryl/α,β-unsaturated/α-hetero) is 1. The first-order valence-corrected chi connectivity index (χ1v) is 11.3. The van der Waals surface area contributed by atoms with Crippen molar-refractivity contribution in [2.24, 2.45) is 0 Å². The summed E-state index contributed by atoms with van der Waals surface area (Å²) in [5.41, 5.74) is 2.44. The van der Waals surface area contributed by atoms with Gasteiger partial charge in [0.25, 0.3) is 11.7 Å². The highest BCUT2D eigenvalue weighted by molar-refractivity contribution is 6.46. The molecule has 0 bridgehead atoms. The maximum atomic E-state index is 13.1. The van der Waals surface area contributed by atoms with Gasteiger partial charge in [0.05, 0.1) is 31.9 Å². The molecule has 2 aliphatic heterocycles. The molecule has 2 heterocycles. The number of ketones is 1. The number of rotatable bonds is 7. The molecule has 0 aromatic heterocycles. The average molecular weight is 451 g/mol. The number of amides is 1. The second-order valence-electron chi connectivity index (χ2n) is 8.44. The van der Waals surface area contributed by atoms with E-state index >= 15 is 0 Å². The van der Waals surface area contributed by atoms with E-state index in [1.807, 2.05) is 31.2 Å². The summed E-state index contributed by atoms with van der Waals surface area (Å²) in [4.78, 5) is 30.1. The number of hydrogen-bond acceptors (Lipinski definition) is 6. The fourth-order valence-electron chi connectivity index (χ4n) is 4.42. The third-order valence-corrected chi connectivity index (χ3v) is 6.25.